The summed E-state index contributed by atoms with van der Waals surface area (Å²) < 4.78 is 36.7. The molecule has 3 rings (SSSR count). The molecule has 0 bridgehead atoms. The number of carbonyl (C=O) groups is 3. The van der Waals surface area contributed by atoms with Crippen LogP contribution < -0.4 is 5.32 Å². The monoisotopic (exact) mass is 509 g/mol. The van der Waals surface area contributed by atoms with Crippen LogP contribution in [-0.4, -0.2) is 82.4 Å². The summed E-state index contributed by atoms with van der Waals surface area (Å²) in [5.41, 5.74) is 1.45. The minimum atomic E-state index is -3.60. The molecule has 0 aliphatic carbocycles. The Labute approximate surface area is 202 Å². The highest BCUT2D eigenvalue weighted by atomic mass is 32.2. The number of hydrogen-bond donors (Lipinski definition) is 1. The standard InChI is InChI=1S/C22H27N3O7S2/c1-14-5-7-16(8-6-14)34(29,30)25-11-9-24(10-12-25)13-17(26)23-20-18(21(27)31-3)15(2)19(33-20)22(28)32-4/h5-8H,9-13H2,1-4H3,(H,23,26). The second kappa shape index (κ2) is 10.6. The molecule has 2 aromatic rings. The van der Waals surface area contributed by atoms with Gasteiger partial charge in [0.05, 0.1) is 31.2 Å². The number of nitrogens with one attached hydrogen (secondary N) is 1. The zero-order chi connectivity index (χ0) is 25.0. The number of benzene rings is 1. The molecule has 1 fully saturated rings. The third kappa shape index (κ3) is 5.46. The van der Waals surface area contributed by atoms with Crippen molar-refractivity contribution in [1.29, 1.82) is 0 Å². The molecular formula is C22H27N3O7S2. The number of amides is 1. The first-order chi connectivity index (χ1) is 16.1. The van der Waals surface area contributed by atoms with Crippen LogP contribution in [0, 0.1) is 13.8 Å². The molecule has 0 spiro atoms. The van der Waals surface area contributed by atoms with Gasteiger partial charge in [-0.2, -0.15) is 4.31 Å². The number of ether oxygens (including phenoxy) is 2. The Morgan fingerprint density at radius 1 is 0.971 bits per heavy atom. The van der Waals surface area contributed by atoms with Crippen LogP contribution in [0.5, 0.6) is 0 Å². The lowest BCUT2D eigenvalue weighted by molar-refractivity contribution is -0.117. The molecule has 0 unspecified atom stereocenters. The number of sulfonamides is 1. The smallest absolute Gasteiger partial charge is 0.348 e. The number of aryl methyl sites for hydroxylation is 1. The van der Waals surface area contributed by atoms with Gasteiger partial charge in [-0.05, 0) is 31.5 Å². The topological polar surface area (TPSA) is 122 Å². The van der Waals surface area contributed by atoms with Crippen molar-refractivity contribution in [2.45, 2.75) is 18.7 Å². The van der Waals surface area contributed by atoms with E-state index < -0.39 is 27.9 Å². The van der Waals surface area contributed by atoms with Gasteiger partial charge < -0.3 is 14.8 Å². The minimum Gasteiger partial charge on any atom is -0.465 e. The van der Waals surface area contributed by atoms with Gasteiger partial charge in [-0.15, -0.1) is 11.3 Å². The number of rotatable bonds is 7. The van der Waals surface area contributed by atoms with Crippen molar-refractivity contribution in [3.8, 4) is 0 Å². The number of hydrogen-bond acceptors (Lipinski definition) is 9. The third-order valence-corrected chi connectivity index (χ3v) is 8.62. The van der Waals surface area contributed by atoms with Gasteiger partial charge in [-0.3, -0.25) is 9.69 Å². The summed E-state index contributed by atoms with van der Waals surface area (Å²) in [5, 5.41) is 2.89. The van der Waals surface area contributed by atoms with Crippen LogP contribution in [0.2, 0.25) is 0 Å². The molecule has 1 aromatic carbocycles. The van der Waals surface area contributed by atoms with Gasteiger partial charge >= 0.3 is 11.9 Å². The van der Waals surface area contributed by atoms with E-state index in [-0.39, 0.29) is 40.0 Å². The van der Waals surface area contributed by atoms with Crippen LogP contribution in [0.15, 0.2) is 29.2 Å². The Hall–Kier alpha value is -2.80. The van der Waals surface area contributed by atoms with Gasteiger partial charge in [0, 0.05) is 26.2 Å². The van der Waals surface area contributed by atoms with Gasteiger partial charge in [0.2, 0.25) is 15.9 Å². The number of piperazine rings is 1. The Bertz CT molecular complexity index is 1180. The van der Waals surface area contributed by atoms with Crippen LogP contribution in [-0.2, 0) is 24.3 Å². The number of carbonyl (C=O) groups excluding carboxylic acids is 3. The Kier molecular flexibility index (Phi) is 8.08. The maximum absolute atomic E-state index is 12.9. The number of esters is 2. The van der Waals surface area contributed by atoms with Gasteiger partial charge in [0.25, 0.3) is 0 Å². The average molecular weight is 510 g/mol. The van der Waals surface area contributed by atoms with E-state index in [1.54, 1.807) is 31.2 Å². The van der Waals surface area contributed by atoms with E-state index >= 15 is 0 Å². The summed E-state index contributed by atoms with van der Waals surface area (Å²) in [4.78, 5) is 39.2. The van der Waals surface area contributed by atoms with E-state index in [0.717, 1.165) is 16.9 Å². The second-order valence-electron chi connectivity index (χ2n) is 7.78. The normalized spacial score (nSPS) is 15.1. The number of thiophene rings is 1. The van der Waals surface area contributed by atoms with E-state index in [1.807, 2.05) is 11.8 Å². The largest absolute Gasteiger partial charge is 0.465 e. The molecule has 1 aliphatic heterocycles. The summed E-state index contributed by atoms with van der Waals surface area (Å²) in [6, 6.07) is 6.70. The second-order valence-corrected chi connectivity index (χ2v) is 10.7. The van der Waals surface area contributed by atoms with Crippen molar-refractivity contribution in [3.05, 3.63) is 45.8 Å². The zero-order valence-corrected chi connectivity index (χ0v) is 21.0. The van der Waals surface area contributed by atoms with E-state index in [2.05, 4.69) is 5.32 Å². The lowest BCUT2D eigenvalue weighted by atomic mass is 10.1. The summed E-state index contributed by atoms with van der Waals surface area (Å²) in [6.45, 7) is 4.73. The van der Waals surface area contributed by atoms with Crippen molar-refractivity contribution in [3.63, 3.8) is 0 Å². The highest BCUT2D eigenvalue weighted by Gasteiger charge is 2.30. The molecule has 34 heavy (non-hydrogen) atoms. The first-order valence-electron chi connectivity index (χ1n) is 10.5. The fourth-order valence-electron chi connectivity index (χ4n) is 3.59. The number of anilines is 1. The summed E-state index contributed by atoms with van der Waals surface area (Å²) in [7, 11) is -1.15. The van der Waals surface area contributed by atoms with Crippen LogP contribution in [0.3, 0.4) is 0 Å². The molecule has 1 saturated heterocycles. The Morgan fingerprint density at radius 3 is 2.12 bits per heavy atom. The molecule has 1 N–H and O–H groups in total. The Balaban J connectivity index is 1.64. The van der Waals surface area contributed by atoms with Gasteiger partial charge in [-0.1, -0.05) is 17.7 Å². The average Bonchev–Trinajstić information content (AvgIpc) is 3.14. The highest BCUT2D eigenvalue weighted by Crippen LogP contribution is 2.34. The molecule has 2 heterocycles. The quantitative estimate of drug-likeness (QED) is 0.562. The molecule has 1 aliphatic rings. The van der Waals surface area contributed by atoms with Gasteiger partial charge in [-0.25, -0.2) is 18.0 Å². The van der Waals surface area contributed by atoms with E-state index in [4.69, 9.17) is 9.47 Å². The molecule has 184 valence electrons. The van der Waals surface area contributed by atoms with E-state index in [1.165, 1.54) is 18.5 Å². The molecule has 12 heteroatoms. The van der Waals surface area contributed by atoms with E-state index in [0.29, 0.717) is 18.7 Å². The fraction of sp³-hybridized carbons (Fsp3) is 0.409. The number of nitrogens with zero attached hydrogens (tertiary/aromatic N) is 2. The van der Waals surface area contributed by atoms with Crippen molar-refractivity contribution in [2.75, 3.05) is 52.3 Å². The molecule has 1 amide bonds. The lowest BCUT2D eigenvalue weighted by Crippen LogP contribution is -2.50. The van der Waals surface area contributed by atoms with Gasteiger partial charge in [0.15, 0.2) is 0 Å². The minimum absolute atomic E-state index is 0.00351. The summed E-state index contributed by atoms with van der Waals surface area (Å²) >= 11 is 0.942. The molecule has 0 saturated carbocycles. The molecule has 0 radical (unpaired) electrons. The van der Waals surface area contributed by atoms with Crippen molar-refractivity contribution < 1.29 is 32.3 Å². The number of methoxy groups -OCH3 is 2. The summed E-state index contributed by atoms with van der Waals surface area (Å²) in [6.07, 6.45) is 0. The maximum Gasteiger partial charge on any atom is 0.348 e. The highest BCUT2D eigenvalue weighted by molar-refractivity contribution is 7.89. The predicted molar refractivity (Wildman–Crippen MR) is 127 cm³/mol. The first-order valence-corrected chi connectivity index (χ1v) is 12.7. The van der Waals surface area contributed by atoms with Crippen LogP contribution in [0.4, 0.5) is 5.00 Å². The lowest BCUT2D eigenvalue weighted by Gasteiger charge is -2.33. The van der Waals surface area contributed by atoms with E-state index in [9.17, 15) is 22.8 Å². The maximum atomic E-state index is 12.9. The first kappa shape index (κ1) is 25.8. The van der Waals surface area contributed by atoms with Crippen LogP contribution in [0.1, 0.15) is 31.2 Å². The Morgan fingerprint density at radius 2 is 1.56 bits per heavy atom. The molecule has 0 atom stereocenters. The molecular weight excluding hydrogens is 482 g/mol. The van der Waals surface area contributed by atoms with Crippen LogP contribution in [0.25, 0.3) is 0 Å². The van der Waals surface area contributed by atoms with Crippen molar-refractivity contribution in [2.24, 2.45) is 0 Å². The SMILES string of the molecule is COC(=O)c1sc(NC(=O)CN2CCN(S(=O)(=O)c3ccc(C)cc3)CC2)c(C(=O)OC)c1C. The summed E-state index contributed by atoms with van der Waals surface area (Å²) in [5.74, 6) is -1.68. The molecule has 10 nitrogen and oxygen atoms in total. The predicted octanol–water partition coefficient (Wildman–Crippen LogP) is 1.88. The van der Waals surface area contributed by atoms with Crippen molar-refractivity contribution in [1.82, 2.24) is 9.21 Å². The molecule has 1 aromatic heterocycles. The third-order valence-electron chi connectivity index (χ3n) is 5.52. The zero-order valence-electron chi connectivity index (χ0n) is 19.4. The fourth-order valence-corrected chi connectivity index (χ4v) is 6.14. The van der Waals surface area contributed by atoms with Crippen LogP contribution >= 0.6 is 11.3 Å². The van der Waals surface area contributed by atoms with Gasteiger partial charge in [0.1, 0.15) is 9.88 Å². The van der Waals surface area contributed by atoms with Crippen molar-refractivity contribution >= 4 is 44.2 Å².